The summed E-state index contributed by atoms with van der Waals surface area (Å²) in [5.41, 5.74) is 1.84. The highest BCUT2D eigenvalue weighted by molar-refractivity contribution is 5.73. The second-order valence-corrected chi connectivity index (χ2v) is 9.48. The van der Waals surface area contributed by atoms with Crippen molar-refractivity contribution in [1.29, 1.82) is 0 Å². The van der Waals surface area contributed by atoms with Crippen LogP contribution in [0.2, 0.25) is 0 Å². The van der Waals surface area contributed by atoms with Gasteiger partial charge < -0.3 is 14.9 Å². The van der Waals surface area contributed by atoms with Gasteiger partial charge in [-0.1, -0.05) is 0 Å². The minimum Gasteiger partial charge on any atom is -0.475 e. The van der Waals surface area contributed by atoms with E-state index in [1.54, 1.807) is 0 Å². The predicted octanol–water partition coefficient (Wildman–Crippen LogP) is 3.40. The molecule has 3 heterocycles. The number of carbonyl (C=O) groups is 2. The molecule has 214 valence electrons. The van der Waals surface area contributed by atoms with E-state index in [-0.39, 0.29) is 0 Å². The lowest BCUT2D eigenvalue weighted by Gasteiger charge is -2.39. The maximum Gasteiger partial charge on any atom is 0.490 e. The molecular formula is C22H34F6N4O5. The number of halogens is 6. The average molecular weight is 549 g/mol. The average Bonchev–Trinajstić information content (AvgIpc) is 3.33. The standard InChI is InChI=1S/C18H32N4O.2C2HF3O2/c1-15(2)22-14-18(9-17(22)13-23-4)5-7-21(8-6-18)12-16-10-19-20(3)11-16;2*3-2(4,5)1(6)7/h10-11,15,17H,5-9,12-14H2,1-4H3;2*(H,6,7). The number of aromatic nitrogens is 2. The Hall–Kier alpha value is -2.39. The van der Waals surface area contributed by atoms with Gasteiger partial charge in [0.15, 0.2) is 0 Å². The van der Waals surface area contributed by atoms with Crippen LogP contribution in [-0.4, -0.2) is 99.5 Å². The monoisotopic (exact) mass is 548 g/mol. The zero-order chi connectivity index (χ0) is 28.6. The summed E-state index contributed by atoms with van der Waals surface area (Å²) in [6, 6.07) is 1.22. The van der Waals surface area contributed by atoms with E-state index in [9.17, 15) is 26.3 Å². The van der Waals surface area contributed by atoms with Crippen LogP contribution in [0.25, 0.3) is 0 Å². The molecule has 1 aromatic heterocycles. The first-order valence-corrected chi connectivity index (χ1v) is 11.4. The van der Waals surface area contributed by atoms with Crippen molar-refractivity contribution in [2.45, 2.75) is 64.1 Å². The summed E-state index contributed by atoms with van der Waals surface area (Å²) in [4.78, 5) is 23.0. The van der Waals surface area contributed by atoms with Crippen molar-refractivity contribution in [3.05, 3.63) is 18.0 Å². The molecule has 2 aliphatic heterocycles. The molecule has 0 bridgehead atoms. The molecule has 0 aliphatic carbocycles. The Morgan fingerprint density at radius 2 is 1.59 bits per heavy atom. The molecule has 0 saturated carbocycles. The van der Waals surface area contributed by atoms with Gasteiger partial charge in [-0.05, 0) is 51.6 Å². The highest BCUT2D eigenvalue weighted by Crippen LogP contribution is 2.44. The molecule has 2 aliphatic rings. The SMILES string of the molecule is COCC1CC2(CCN(Cc3cnn(C)c3)CC2)CN1C(C)C.O=C(O)C(F)(F)F.O=C(O)C(F)(F)F. The van der Waals surface area contributed by atoms with E-state index in [1.165, 1.54) is 44.5 Å². The van der Waals surface area contributed by atoms with Crippen LogP contribution in [0.3, 0.4) is 0 Å². The molecule has 0 amide bonds. The van der Waals surface area contributed by atoms with Gasteiger partial charge in [-0.15, -0.1) is 0 Å². The summed E-state index contributed by atoms with van der Waals surface area (Å²) in [6.45, 7) is 10.2. The number of alkyl halides is 6. The van der Waals surface area contributed by atoms with Gasteiger partial charge in [0.25, 0.3) is 0 Å². The van der Waals surface area contributed by atoms with Crippen LogP contribution >= 0.6 is 0 Å². The summed E-state index contributed by atoms with van der Waals surface area (Å²) in [5, 5.41) is 18.5. The molecule has 3 rings (SSSR count). The molecule has 2 saturated heterocycles. The number of aryl methyl sites for hydroxylation is 1. The molecular weight excluding hydrogens is 514 g/mol. The number of hydrogen-bond donors (Lipinski definition) is 2. The summed E-state index contributed by atoms with van der Waals surface area (Å²) in [6.07, 6.45) is -2.10. The van der Waals surface area contributed by atoms with Gasteiger partial charge in [-0.3, -0.25) is 14.5 Å². The van der Waals surface area contributed by atoms with Gasteiger partial charge >= 0.3 is 24.3 Å². The molecule has 15 heteroatoms. The fourth-order valence-electron chi connectivity index (χ4n) is 4.51. The zero-order valence-electron chi connectivity index (χ0n) is 21.1. The lowest BCUT2D eigenvalue weighted by molar-refractivity contribution is -0.193. The Morgan fingerprint density at radius 1 is 1.11 bits per heavy atom. The fourth-order valence-corrected chi connectivity index (χ4v) is 4.51. The Labute approximate surface area is 211 Å². The van der Waals surface area contributed by atoms with E-state index in [1.807, 2.05) is 25.0 Å². The largest absolute Gasteiger partial charge is 0.490 e. The van der Waals surface area contributed by atoms with Gasteiger partial charge in [-0.25, -0.2) is 9.59 Å². The van der Waals surface area contributed by atoms with E-state index in [2.05, 4.69) is 34.9 Å². The number of likely N-dealkylation sites (tertiary alicyclic amines) is 2. The van der Waals surface area contributed by atoms with Crippen molar-refractivity contribution in [2.75, 3.05) is 33.4 Å². The van der Waals surface area contributed by atoms with Gasteiger partial charge in [0.2, 0.25) is 0 Å². The number of rotatable bonds is 5. The highest BCUT2D eigenvalue weighted by Gasteiger charge is 2.46. The summed E-state index contributed by atoms with van der Waals surface area (Å²) < 4.78 is 70.8. The van der Waals surface area contributed by atoms with Crippen LogP contribution in [-0.2, 0) is 27.9 Å². The molecule has 0 radical (unpaired) electrons. The molecule has 1 aromatic rings. The van der Waals surface area contributed by atoms with E-state index in [0.29, 0.717) is 17.5 Å². The minimum absolute atomic E-state index is 0.513. The van der Waals surface area contributed by atoms with Crippen molar-refractivity contribution in [3.8, 4) is 0 Å². The molecule has 9 nitrogen and oxygen atoms in total. The number of nitrogens with zero attached hydrogens (tertiary/aromatic N) is 4. The van der Waals surface area contributed by atoms with Crippen LogP contribution in [0.1, 0.15) is 38.7 Å². The third-order valence-corrected chi connectivity index (χ3v) is 6.24. The van der Waals surface area contributed by atoms with Gasteiger partial charge in [0.05, 0.1) is 12.8 Å². The Morgan fingerprint density at radius 3 is 1.95 bits per heavy atom. The topological polar surface area (TPSA) is 108 Å². The first kappa shape index (κ1) is 32.6. The number of piperidine rings is 1. The van der Waals surface area contributed by atoms with Crippen LogP contribution in [0, 0.1) is 5.41 Å². The fraction of sp³-hybridized carbons (Fsp3) is 0.773. The van der Waals surface area contributed by atoms with E-state index >= 15 is 0 Å². The molecule has 1 atom stereocenters. The van der Waals surface area contributed by atoms with E-state index in [0.717, 1.165) is 13.2 Å². The summed E-state index contributed by atoms with van der Waals surface area (Å²) in [5.74, 6) is -5.51. The normalized spacial score (nSPS) is 20.2. The molecule has 37 heavy (non-hydrogen) atoms. The number of hydrogen-bond acceptors (Lipinski definition) is 6. The van der Waals surface area contributed by atoms with Gasteiger partial charge in [0, 0.05) is 51.1 Å². The van der Waals surface area contributed by atoms with Crippen molar-refractivity contribution in [3.63, 3.8) is 0 Å². The van der Waals surface area contributed by atoms with Crippen LogP contribution < -0.4 is 0 Å². The summed E-state index contributed by atoms with van der Waals surface area (Å²) in [7, 11) is 3.82. The van der Waals surface area contributed by atoms with Gasteiger partial charge in [0.1, 0.15) is 0 Å². The minimum atomic E-state index is -5.08. The van der Waals surface area contributed by atoms with Crippen molar-refractivity contribution in [1.82, 2.24) is 19.6 Å². The second kappa shape index (κ2) is 13.4. The van der Waals surface area contributed by atoms with Crippen LogP contribution in [0.5, 0.6) is 0 Å². The van der Waals surface area contributed by atoms with Crippen molar-refractivity contribution >= 4 is 11.9 Å². The number of methoxy groups -OCH3 is 1. The zero-order valence-corrected chi connectivity index (χ0v) is 21.1. The first-order chi connectivity index (χ1) is 16.9. The second-order valence-electron chi connectivity index (χ2n) is 9.48. The van der Waals surface area contributed by atoms with E-state index in [4.69, 9.17) is 24.5 Å². The number of ether oxygens (including phenoxy) is 1. The quantitative estimate of drug-likeness (QED) is 0.540. The summed E-state index contributed by atoms with van der Waals surface area (Å²) >= 11 is 0. The maximum absolute atomic E-state index is 10.6. The Kier molecular flexibility index (Phi) is 11.8. The van der Waals surface area contributed by atoms with Crippen molar-refractivity contribution < 1.29 is 50.9 Å². The molecule has 0 aromatic carbocycles. The van der Waals surface area contributed by atoms with E-state index < -0.39 is 24.3 Å². The number of carboxylic acid groups (broad SMARTS) is 2. The lowest BCUT2D eigenvalue weighted by Crippen LogP contribution is -2.42. The first-order valence-electron chi connectivity index (χ1n) is 11.4. The van der Waals surface area contributed by atoms with Crippen LogP contribution in [0.15, 0.2) is 12.4 Å². The molecule has 1 spiro atoms. The number of aliphatic carboxylic acids is 2. The lowest BCUT2D eigenvalue weighted by atomic mass is 9.76. The third kappa shape index (κ3) is 10.9. The molecule has 1 unspecified atom stereocenters. The molecule has 2 N–H and O–H groups in total. The Bertz CT molecular complexity index is 842. The van der Waals surface area contributed by atoms with Crippen molar-refractivity contribution in [2.24, 2.45) is 12.5 Å². The Balaban J connectivity index is 0.000000404. The smallest absolute Gasteiger partial charge is 0.475 e. The number of carboxylic acids is 2. The van der Waals surface area contributed by atoms with Crippen LogP contribution in [0.4, 0.5) is 26.3 Å². The highest BCUT2D eigenvalue weighted by atomic mass is 19.4. The molecule has 2 fully saturated rings. The predicted molar refractivity (Wildman–Crippen MR) is 120 cm³/mol. The third-order valence-electron chi connectivity index (χ3n) is 6.24. The van der Waals surface area contributed by atoms with Gasteiger partial charge in [-0.2, -0.15) is 31.4 Å². The maximum atomic E-state index is 10.6.